The minimum atomic E-state index is -3.60. The van der Waals surface area contributed by atoms with Gasteiger partial charge in [-0.3, -0.25) is 4.79 Å². The Labute approximate surface area is 159 Å². The average Bonchev–Trinajstić information content (AvgIpc) is 3.12. The smallest absolute Gasteiger partial charge is 0.262 e. The van der Waals surface area contributed by atoms with Crippen LogP contribution in [-0.4, -0.2) is 48.4 Å². The fraction of sp³-hybridized carbons (Fsp3) is 0.444. The van der Waals surface area contributed by atoms with E-state index < -0.39 is 10.0 Å². The monoisotopic (exact) mass is 392 g/mol. The maximum Gasteiger partial charge on any atom is 0.262 e. The van der Waals surface area contributed by atoms with E-state index in [0.29, 0.717) is 24.5 Å². The van der Waals surface area contributed by atoms with Crippen molar-refractivity contribution in [3.63, 3.8) is 0 Å². The van der Waals surface area contributed by atoms with E-state index >= 15 is 0 Å². The molecule has 0 bridgehead atoms. The van der Waals surface area contributed by atoms with Crippen molar-refractivity contribution in [1.82, 2.24) is 13.9 Å². The number of anilines is 1. The number of sulfonamides is 1. The molecule has 2 aromatic rings. The maximum absolute atomic E-state index is 12.6. The Morgan fingerprint density at radius 3 is 2.70 bits per heavy atom. The zero-order valence-electron chi connectivity index (χ0n) is 15.5. The number of piperidine rings is 1. The highest BCUT2D eigenvalue weighted by atomic mass is 32.2. The molecule has 3 rings (SSSR count). The van der Waals surface area contributed by atoms with Crippen LogP contribution in [-0.2, 0) is 21.4 Å². The molecule has 8 nitrogen and oxygen atoms in total. The first-order valence-electron chi connectivity index (χ1n) is 8.86. The van der Waals surface area contributed by atoms with Crippen molar-refractivity contribution in [2.75, 3.05) is 25.5 Å². The predicted molar refractivity (Wildman–Crippen MR) is 101 cm³/mol. The van der Waals surface area contributed by atoms with Crippen molar-refractivity contribution in [3.8, 4) is 5.75 Å². The largest absolute Gasteiger partial charge is 0.495 e. The molecule has 9 heteroatoms. The van der Waals surface area contributed by atoms with Crippen LogP contribution in [0.3, 0.4) is 0 Å². The van der Waals surface area contributed by atoms with Gasteiger partial charge in [0.25, 0.3) is 10.0 Å². The SMILES string of the molecule is COc1ccc(C)cc1NC(=O)Cn1cnc(S(=O)(=O)N2CCCCC2)c1. The first-order valence-corrected chi connectivity index (χ1v) is 10.3. The summed E-state index contributed by atoms with van der Waals surface area (Å²) in [7, 11) is -2.07. The van der Waals surface area contributed by atoms with Crippen LogP contribution < -0.4 is 10.1 Å². The molecular weight excluding hydrogens is 368 g/mol. The highest BCUT2D eigenvalue weighted by Gasteiger charge is 2.28. The zero-order valence-corrected chi connectivity index (χ0v) is 16.3. The molecule has 1 fully saturated rings. The third kappa shape index (κ3) is 4.48. The van der Waals surface area contributed by atoms with E-state index in [9.17, 15) is 13.2 Å². The molecule has 146 valence electrons. The molecule has 0 radical (unpaired) electrons. The van der Waals surface area contributed by atoms with Gasteiger partial charge in [0.15, 0.2) is 5.03 Å². The number of hydrogen-bond acceptors (Lipinski definition) is 5. The van der Waals surface area contributed by atoms with Crippen molar-refractivity contribution < 1.29 is 17.9 Å². The summed E-state index contributed by atoms with van der Waals surface area (Å²) in [5, 5.41) is 2.77. The molecule has 0 aliphatic carbocycles. The molecule has 2 heterocycles. The van der Waals surface area contributed by atoms with Crippen molar-refractivity contribution in [2.24, 2.45) is 0 Å². The number of aromatic nitrogens is 2. The van der Waals surface area contributed by atoms with E-state index in [-0.39, 0.29) is 17.5 Å². The van der Waals surface area contributed by atoms with Crippen LogP contribution in [0, 0.1) is 6.92 Å². The van der Waals surface area contributed by atoms with E-state index in [4.69, 9.17) is 4.74 Å². The summed E-state index contributed by atoms with van der Waals surface area (Å²) >= 11 is 0. The highest BCUT2D eigenvalue weighted by molar-refractivity contribution is 7.89. The number of carbonyl (C=O) groups is 1. The standard InChI is InChI=1S/C18H24N4O4S/c1-14-6-7-16(26-2)15(10-14)20-17(23)11-21-12-18(19-13-21)27(24,25)22-8-4-3-5-9-22/h6-7,10,12-13H,3-5,8-9,11H2,1-2H3,(H,20,23). The number of nitrogens with one attached hydrogen (secondary N) is 1. The number of methoxy groups -OCH3 is 1. The van der Waals surface area contributed by atoms with Crippen LogP contribution in [0.15, 0.2) is 35.7 Å². The summed E-state index contributed by atoms with van der Waals surface area (Å²) in [6, 6.07) is 5.49. The fourth-order valence-corrected chi connectivity index (χ4v) is 4.52. The molecule has 0 atom stereocenters. The van der Waals surface area contributed by atoms with Crippen LogP contribution in [0.5, 0.6) is 5.75 Å². The number of rotatable bonds is 6. The number of aryl methyl sites for hydroxylation is 1. The van der Waals surface area contributed by atoms with Gasteiger partial charge in [-0.2, -0.15) is 4.31 Å². The minimum Gasteiger partial charge on any atom is -0.495 e. The molecule has 1 aromatic heterocycles. The second-order valence-corrected chi connectivity index (χ2v) is 8.49. The Balaban J connectivity index is 1.69. The molecule has 1 aromatic carbocycles. The summed E-state index contributed by atoms with van der Waals surface area (Å²) in [6.45, 7) is 2.91. The van der Waals surface area contributed by atoms with Gasteiger partial charge in [0, 0.05) is 19.3 Å². The van der Waals surface area contributed by atoms with Crippen molar-refractivity contribution >= 4 is 21.6 Å². The van der Waals surface area contributed by atoms with Crippen LogP contribution >= 0.6 is 0 Å². The Hall–Kier alpha value is -2.39. The second kappa shape index (κ2) is 8.10. The van der Waals surface area contributed by atoms with Crippen molar-refractivity contribution in [2.45, 2.75) is 37.8 Å². The Bertz CT molecular complexity index is 917. The van der Waals surface area contributed by atoms with Gasteiger partial charge in [-0.05, 0) is 37.5 Å². The van der Waals surface area contributed by atoms with Crippen LogP contribution in [0.4, 0.5) is 5.69 Å². The lowest BCUT2D eigenvalue weighted by molar-refractivity contribution is -0.116. The van der Waals surface area contributed by atoms with Gasteiger partial charge in [-0.1, -0.05) is 12.5 Å². The number of imidazole rings is 1. The van der Waals surface area contributed by atoms with E-state index in [2.05, 4.69) is 10.3 Å². The molecule has 27 heavy (non-hydrogen) atoms. The number of hydrogen-bond donors (Lipinski definition) is 1. The van der Waals surface area contributed by atoms with Gasteiger partial charge in [-0.15, -0.1) is 0 Å². The molecule has 1 saturated heterocycles. The molecule has 1 aliphatic rings. The number of ether oxygens (including phenoxy) is 1. The normalized spacial score (nSPS) is 15.5. The Morgan fingerprint density at radius 1 is 1.26 bits per heavy atom. The van der Waals surface area contributed by atoms with E-state index in [1.54, 1.807) is 6.07 Å². The van der Waals surface area contributed by atoms with Gasteiger partial charge in [0.2, 0.25) is 5.91 Å². The van der Waals surface area contributed by atoms with Crippen molar-refractivity contribution in [1.29, 1.82) is 0 Å². The zero-order chi connectivity index (χ0) is 19.4. The highest BCUT2D eigenvalue weighted by Crippen LogP contribution is 2.25. The lowest BCUT2D eigenvalue weighted by Gasteiger charge is -2.24. The van der Waals surface area contributed by atoms with Crippen molar-refractivity contribution in [3.05, 3.63) is 36.3 Å². The topological polar surface area (TPSA) is 93.5 Å². The molecule has 0 unspecified atom stereocenters. The Kier molecular flexibility index (Phi) is 5.81. The number of amides is 1. The van der Waals surface area contributed by atoms with E-state index in [1.165, 1.54) is 28.5 Å². The third-order valence-corrected chi connectivity index (χ3v) is 6.27. The second-order valence-electron chi connectivity index (χ2n) is 6.60. The van der Waals surface area contributed by atoms with Crippen LogP contribution in [0.25, 0.3) is 0 Å². The Morgan fingerprint density at radius 2 is 2.00 bits per heavy atom. The average molecular weight is 392 g/mol. The quantitative estimate of drug-likeness (QED) is 0.812. The number of carbonyl (C=O) groups excluding carboxylic acids is 1. The molecule has 0 saturated carbocycles. The predicted octanol–water partition coefficient (Wildman–Crippen LogP) is 2.01. The molecular formula is C18H24N4O4S. The fourth-order valence-electron chi connectivity index (χ4n) is 3.07. The number of nitrogens with zero attached hydrogens (tertiary/aromatic N) is 3. The third-order valence-electron chi connectivity index (χ3n) is 4.48. The lowest BCUT2D eigenvalue weighted by Crippen LogP contribution is -2.35. The van der Waals surface area contributed by atoms with Gasteiger partial charge in [0.1, 0.15) is 12.3 Å². The molecule has 0 spiro atoms. The van der Waals surface area contributed by atoms with Crippen LogP contribution in [0.1, 0.15) is 24.8 Å². The summed E-state index contributed by atoms with van der Waals surface area (Å²) in [6.07, 6.45) is 5.53. The van der Waals surface area contributed by atoms with E-state index in [0.717, 1.165) is 24.8 Å². The minimum absolute atomic E-state index is 0.0228. The first-order chi connectivity index (χ1) is 12.9. The van der Waals surface area contributed by atoms with Gasteiger partial charge < -0.3 is 14.6 Å². The summed E-state index contributed by atoms with van der Waals surface area (Å²) in [5.74, 6) is 0.270. The molecule has 1 N–H and O–H groups in total. The van der Waals surface area contributed by atoms with Gasteiger partial charge in [-0.25, -0.2) is 13.4 Å². The maximum atomic E-state index is 12.6. The van der Waals surface area contributed by atoms with Gasteiger partial charge in [0.05, 0.1) is 19.1 Å². The van der Waals surface area contributed by atoms with Gasteiger partial charge >= 0.3 is 0 Å². The molecule has 1 amide bonds. The molecule has 1 aliphatic heterocycles. The summed E-state index contributed by atoms with van der Waals surface area (Å²) < 4.78 is 33.4. The number of benzene rings is 1. The lowest BCUT2D eigenvalue weighted by atomic mass is 10.2. The summed E-state index contributed by atoms with van der Waals surface area (Å²) in [4.78, 5) is 16.3. The summed E-state index contributed by atoms with van der Waals surface area (Å²) in [5.41, 5.74) is 1.56. The van der Waals surface area contributed by atoms with Crippen LogP contribution in [0.2, 0.25) is 0 Å². The first kappa shape index (κ1) is 19.4. The van der Waals surface area contributed by atoms with E-state index in [1.807, 2.05) is 19.1 Å².